The number of aromatic nitrogens is 2. The van der Waals surface area contributed by atoms with Crippen molar-refractivity contribution in [2.45, 2.75) is 4.90 Å². The van der Waals surface area contributed by atoms with E-state index in [4.69, 9.17) is 10.4 Å². The number of amides is 2. The van der Waals surface area contributed by atoms with Crippen molar-refractivity contribution in [2.24, 2.45) is 0 Å². The summed E-state index contributed by atoms with van der Waals surface area (Å²) >= 11 is 0. The molecule has 0 saturated carbocycles. The van der Waals surface area contributed by atoms with E-state index in [0.717, 1.165) is 12.2 Å². The van der Waals surface area contributed by atoms with Gasteiger partial charge in [-0.15, -0.1) is 0 Å². The molecule has 0 aliphatic heterocycles. The van der Waals surface area contributed by atoms with Crippen LogP contribution in [-0.2, 0) is 20.6 Å². The number of benzene rings is 1. The van der Waals surface area contributed by atoms with E-state index in [2.05, 4.69) is 4.98 Å². The molecule has 0 fully saturated rings. The van der Waals surface area contributed by atoms with Crippen LogP contribution in [0.1, 0.15) is 11.1 Å². The molecule has 29 heavy (non-hydrogen) atoms. The van der Waals surface area contributed by atoms with E-state index in [1.165, 1.54) is 33.3 Å². The molecule has 1 unspecified atom stereocenters. The van der Waals surface area contributed by atoms with Crippen LogP contribution in [0.5, 0.6) is 0 Å². The maximum absolute atomic E-state index is 13.2. The molecule has 10 heteroatoms. The quantitative estimate of drug-likeness (QED) is 0.276. The number of carbonyl (C=O) groups excluding carboxylic acids is 2. The van der Waals surface area contributed by atoms with E-state index >= 15 is 0 Å². The lowest BCUT2D eigenvalue weighted by atomic mass is 10.2. The van der Waals surface area contributed by atoms with Gasteiger partial charge in [-0.05, 0) is 41.5 Å². The summed E-state index contributed by atoms with van der Waals surface area (Å²) in [6.07, 6.45) is 8.36. The predicted octanol–water partition coefficient (Wildman–Crippen LogP) is 1.64. The van der Waals surface area contributed by atoms with Gasteiger partial charge in [-0.1, -0.05) is 18.2 Å². The SMILES string of the molecule is O=C(/C=C/c1cnc2c(ccn2S(=O)c2ccccc2/C=C/C(=O)NO)c1)NO. The second kappa shape index (κ2) is 9.06. The van der Waals surface area contributed by atoms with Gasteiger partial charge in [-0.3, -0.25) is 20.0 Å². The number of hydrogen-bond donors (Lipinski definition) is 4. The fraction of sp³-hybridized carbons (Fsp3) is 0. The molecular formula is C19H16N4O5S. The third-order valence-electron chi connectivity index (χ3n) is 3.86. The fourth-order valence-electron chi connectivity index (χ4n) is 2.54. The summed E-state index contributed by atoms with van der Waals surface area (Å²) in [4.78, 5) is 27.1. The summed E-state index contributed by atoms with van der Waals surface area (Å²) in [6.45, 7) is 0. The molecule has 2 heterocycles. The molecule has 0 bridgehead atoms. The monoisotopic (exact) mass is 412 g/mol. The smallest absolute Gasteiger partial charge is 0.267 e. The molecule has 0 spiro atoms. The van der Waals surface area contributed by atoms with Gasteiger partial charge in [-0.2, -0.15) is 0 Å². The van der Waals surface area contributed by atoms with Gasteiger partial charge < -0.3 is 0 Å². The number of pyridine rings is 1. The zero-order chi connectivity index (χ0) is 20.8. The predicted molar refractivity (Wildman–Crippen MR) is 106 cm³/mol. The average Bonchev–Trinajstić information content (AvgIpc) is 3.18. The van der Waals surface area contributed by atoms with Crippen molar-refractivity contribution in [1.29, 1.82) is 0 Å². The summed E-state index contributed by atoms with van der Waals surface area (Å²) < 4.78 is 14.6. The number of hydrogen-bond acceptors (Lipinski definition) is 6. The molecule has 148 valence electrons. The average molecular weight is 412 g/mol. The van der Waals surface area contributed by atoms with E-state index < -0.39 is 22.8 Å². The Kier molecular flexibility index (Phi) is 6.29. The van der Waals surface area contributed by atoms with Crippen molar-refractivity contribution < 1.29 is 24.2 Å². The minimum atomic E-state index is -1.64. The van der Waals surface area contributed by atoms with Crippen LogP contribution in [-0.4, -0.2) is 35.4 Å². The molecule has 0 aliphatic carbocycles. The summed E-state index contributed by atoms with van der Waals surface area (Å²) in [7, 11) is -1.64. The van der Waals surface area contributed by atoms with Crippen LogP contribution in [0, 0.1) is 0 Å². The lowest BCUT2D eigenvalue weighted by molar-refractivity contribution is -0.124. The number of rotatable bonds is 6. The van der Waals surface area contributed by atoms with Crippen molar-refractivity contribution in [3.8, 4) is 0 Å². The van der Waals surface area contributed by atoms with Crippen LogP contribution in [0.2, 0.25) is 0 Å². The number of carbonyl (C=O) groups is 2. The first kappa shape index (κ1) is 20.1. The minimum Gasteiger partial charge on any atom is -0.288 e. The highest BCUT2D eigenvalue weighted by Crippen LogP contribution is 2.22. The molecule has 0 saturated heterocycles. The fourth-order valence-corrected chi connectivity index (χ4v) is 3.76. The first-order valence-electron chi connectivity index (χ1n) is 8.26. The van der Waals surface area contributed by atoms with Crippen LogP contribution >= 0.6 is 0 Å². The summed E-state index contributed by atoms with van der Waals surface area (Å²) in [5, 5.41) is 17.8. The zero-order valence-corrected chi connectivity index (χ0v) is 15.7. The van der Waals surface area contributed by atoms with Gasteiger partial charge in [0.15, 0.2) is 16.6 Å². The molecule has 1 aromatic carbocycles. The van der Waals surface area contributed by atoms with Crippen LogP contribution in [0.15, 0.2) is 65.8 Å². The first-order valence-corrected chi connectivity index (χ1v) is 9.37. The van der Waals surface area contributed by atoms with Crippen molar-refractivity contribution >= 4 is 46.0 Å². The molecular weight excluding hydrogens is 396 g/mol. The second-order valence-electron chi connectivity index (χ2n) is 5.73. The Labute approximate surface area is 167 Å². The Bertz CT molecular complexity index is 1150. The van der Waals surface area contributed by atoms with Crippen LogP contribution in [0.25, 0.3) is 23.2 Å². The topological polar surface area (TPSA) is 134 Å². The molecule has 2 amide bonds. The molecule has 0 radical (unpaired) electrons. The Morgan fingerprint density at radius 3 is 2.45 bits per heavy atom. The highest BCUT2D eigenvalue weighted by molar-refractivity contribution is 7.83. The van der Waals surface area contributed by atoms with Crippen LogP contribution in [0.4, 0.5) is 0 Å². The second-order valence-corrected chi connectivity index (χ2v) is 7.06. The van der Waals surface area contributed by atoms with E-state index in [-0.39, 0.29) is 0 Å². The van der Waals surface area contributed by atoms with E-state index in [0.29, 0.717) is 27.1 Å². The van der Waals surface area contributed by atoms with Gasteiger partial charge in [0, 0.05) is 29.9 Å². The van der Waals surface area contributed by atoms with E-state index in [9.17, 15) is 13.8 Å². The third kappa shape index (κ3) is 4.63. The van der Waals surface area contributed by atoms with Gasteiger partial charge in [0.2, 0.25) is 0 Å². The molecule has 0 aliphatic rings. The number of nitrogens with one attached hydrogen (secondary N) is 2. The van der Waals surface area contributed by atoms with E-state index in [1.54, 1.807) is 42.6 Å². The Balaban J connectivity index is 1.95. The molecule has 9 nitrogen and oxygen atoms in total. The zero-order valence-electron chi connectivity index (χ0n) is 14.9. The van der Waals surface area contributed by atoms with Gasteiger partial charge in [-0.25, -0.2) is 24.1 Å². The maximum Gasteiger partial charge on any atom is 0.267 e. The third-order valence-corrected chi connectivity index (χ3v) is 5.26. The number of hydroxylamine groups is 2. The highest BCUT2D eigenvalue weighted by Gasteiger charge is 2.14. The standard InChI is InChI=1S/C19H16N4O5S/c24-17(21-26)7-5-13-11-15-9-10-23(19(15)20-12-13)29(28)16-4-2-1-3-14(16)6-8-18(25)22-27/h1-12,26-27H,(H,21,24)(H,22,25)/b7-5+,8-6+. The minimum absolute atomic E-state index is 0.456. The summed E-state index contributed by atoms with van der Waals surface area (Å²) in [5.41, 5.74) is 4.65. The lowest BCUT2D eigenvalue weighted by Crippen LogP contribution is -2.15. The highest BCUT2D eigenvalue weighted by atomic mass is 32.2. The molecule has 2 aromatic heterocycles. The van der Waals surface area contributed by atoms with Gasteiger partial charge >= 0.3 is 0 Å². The lowest BCUT2D eigenvalue weighted by Gasteiger charge is -2.08. The van der Waals surface area contributed by atoms with Gasteiger partial charge in [0.05, 0.1) is 4.90 Å². The summed E-state index contributed by atoms with van der Waals surface area (Å²) in [6, 6.07) is 10.3. The number of nitrogens with zero attached hydrogens (tertiary/aromatic N) is 2. The van der Waals surface area contributed by atoms with Crippen LogP contribution in [0.3, 0.4) is 0 Å². The van der Waals surface area contributed by atoms with Crippen molar-refractivity contribution in [3.63, 3.8) is 0 Å². The number of fused-ring (bicyclic) bond motifs is 1. The molecule has 3 rings (SSSR count). The Morgan fingerprint density at radius 2 is 1.72 bits per heavy atom. The Hall–Kier alpha value is -3.60. The maximum atomic E-state index is 13.2. The first-order chi connectivity index (χ1) is 14.0. The van der Waals surface area contributed by atoms with E-state index in [1.807, 2.05) is 0 Å². The van der Waals surface area contributed by atoms with Crippen molar-refractivity contribution in [3.05, 3.63) is 72.1 Å². The Morgan fingerprint density at radius 1 is 1.03 bits per heavy atom. The molecule has 1 atom stereocenters. The largest absolute Gasteiger partial charge is 0.288 e. The van der Waals surface area contributed by atoms with Crippen molar-refractivity contribution in [2.75, 3.05) is 0 Å². The molecule has 3 aromatic rings. The normalized spacial score (nSPS) is 12.5. The summed E-state index contributed by atoms with van der Waals surface area (Å²) in [5.74, 6) is -1.36. The van der Waals surface area contributed by atoms with Gasteiger partial charge in [0.1, 0.15) is 0 Å². The van der Waals surface area contributed by atoms with Crippen molar-refractivity contribution in [1.82, 2.24) is 19.9 Å². The van der Waals surface area contributed by atoms with Gasteiger partial charge in [0.25, 0.3) is 11.8 Å². The molecule has 4 N–H and O–H groups in total. The van der Waals surface area contributed by atoms with Crippen LogP contribution < -0.4 is 11.0 Å².